The van der Waals surface area contributed by atoms with E-state index in [4.69, 9.17) is 0 Å². The van der Waals surface area contributed by atoms with Crippen LogP contribution in [0.2, 0.25) is 0 Å². The number of rotatable bonds is 0. The highest BCUT2D eigenvalue weighted by atomic mass is 15.2. The van der Waals surface area contributed by atoms with Crippen LogP contribution in [0.4, 0.5) is 0 Å². The van der Waals surface area contributed by atoms with Gasteiger partial charge in [-0.1, -0.05) is 31.2 Å². The molecular weight excluding hydrogens is 182 g/mol. The Morgan fingerprint density at radius 1 is 1.33 bits per heavy atom. The third kappa shape index (κ3) is 1.26. The van der Waals surface area contributed by atoms with Gasteiger partial charge in [0.15, 0.2) is 0 Å². The van der Waals surface area contributed by atoms with E-state index in [9.17, 15) is 0 Å². The number of fused-ring (bicyclic) bond motifs is 3. The first-order chi connectivity index (χ1) is 7.21. The van der Waals surface area contributed by atoms with Gasteiger partial charge in [0, 0.05) is 6.04 Å². The van der Waals surface area contributed by atoms with E-state index in [1.807, 2.05) is 0 Å². The summed E-state index contributed by atoms with van der Waals surface area (Å²) in [4.78, 5) is 2.55. The fourth-order valence-electron chi connectivity index (χ4n) is 3.73. The second kappa shape index (κ2) is 3.08. The van der Waals surface area contributed by atoms with Gasteiger partial charge in [0.25, 0.3) is 0 Å². The van der Waals surface area contributed by atoms with Crippen LogP contribution in [-0.4, -0.2) is 18.5 Å². The minimum atomic E-state index is 0.497. The summed E-state index contributed by atoms with van der Waals surface area (Å²) in [7, 11) is 2.28. The minimum absolute atomic E-state index is 0.497. The van der Waals surface area contributed by atoms with E-state index >= 15 is 0 Å². The first-order valence-corrected chi connectivity index (χ1v) is 5.99. The van der Waals surface area contributed by atoms with E-state index < -0.39 is 0 Å². The molecule has 1 heteroatoms. The quantitative estimate of drug-likeness (QED) is 0.623. The Labute approximate surface area is 92.1 Å². The Balaban J connectivity index is 2.09. The Bertz CT molecular complexity index is 385. The molecule has 1 nitrogen and oxygen atoms in total. The zero-order valence-electron chi connectivity index (χ0n) is 9.66. The summed E-state index contributed by atoms with van der Waals surface area (Å²) in [5.74, 6) is 0. The normalized spacial score (nSPS) is 34.9. The summed E-state index contributed by atoms with van der Waals surface area (Å²) in [6, 6.07) is 9.68. The van der Waals surface area contributed by atoms with Gasteiger partial charge in [0.2, 0.25) is 0 Å². The zero-order valence-corrected chi connectivity index (χ0v) is 9.66. The Kier molecular flexibility index (Phi) is 1.93. The van der Waals surface area contributed by atoms with Crippen LogP contribution in [0.3, 0.4) is 0 Å². The molecule has 1 aromatic rings. The number of likely N-dealkylation sites (tertiary alicyclic amines) is 1. The highest BCUT2D eigenvalue weighted by molar-refractivity contribution is 5.38. The third-order valence-electron chi connectivity index (χ3n) is 4.30. The van der Waals surface area contributed by atoms with Crippen LogP contribution in [0, 0.1) is 5.41 Å². The van der Waals surface area contributed by atoms with Gasteiger partial charge in [-0.15, -0.1) is 0 Å². The molecule has 0 radical (unpaired) electrons. The van der Waals surface area contributed by atoms with E-state index in [2.05, 4.69) is 43.1 Å². The highest BCUT2D eigenvalue weighted by Crippen LogP contribution is 2.53. The average molecular weight is 201 g/mol. The van der Waals surface area contributed by atoms with Crippen molar-refractivity contribution in [2.45, 2.75) is 32.2 Å². The lowest BCUT2D eigenvalue weighted by Crippen LogP contribution is -2.40. The van der Waals surface area contributed by atoms with Gasteiger partial charge in [-0.25, -0.2) is 0 Å². The SMILES string of the molecule is CN1CCC[C@]2(C)Cc3ccccc3[C@H]12. The standard InChI is InChI=1S/C14H19N/c1-14-8-5-9-15(2)13(14)12-7-4-3-6-11(12)10-14/h3-4,6-7,13H,5,8-10H2,1-2H3/t13-,14+/m0/s1. The second-order valence-electron chi connectivity index (χ2n) is 5.52. The topological polar surface area (TPSA) is 3.24 Å². The maximum Gasteiger partial charge on any atom is 0.0404 e. The predicted octanol–water partition coefficient (Wildman–Crippen LogP) is 3.02. The number of piperidine rings is 1. The molecule has 0 N–H and O–H groups in total. The molecule has 0 spiro atoms. The van der Waals surface area contributed by atoms with Gasteiger partial charge in [-0.05, 0) is 49.4 Å². The van der Waals surface area contributed by atoms with Gasteiger partial charge in [0.05, 0.1) is 0 Å². The fourth-order valence-corrected chi connectivity index (χ4v) is 3.73. The van der Waals surface area contributed by atoms with Crippen molar-refractivity contribution >= 4 is 0 Å². The monoisotopic (exact) mass is 201 g/mol. The van der Waals surface area contributed by atoms with Gasteiger partial charge < -0.3 is 0 Å². The van der Waals surface area contributed by atoms with E-state index in [0.717, 1.165) is 0 Å². The molecule has 80 valence electrons. The van der Waals surface area contributed by atoms with Crippen molar-refractivity contribution in [3.05, 3.63) is 35.4 Å². The molecule has 15 heavy (non-hydrogen) atoms. The average Bonchev–Trinajstić information content (AvgIpc) is 2.50. The molecule has 1 saturated heterocycles. The summed E-state index contributed by atoms with van der Waals surface area (Å²) >= 11 is 0. The summed E-state index contributed by atoms with van der Waals surface area (Å²) < 4.78 is 0. The lowest BCUT2D eigenvalue weighted by Gasteiger charge is -2.43. The summed E-state index contributed by atoms with van der Waals surface area (Å²) in [5.41, 5.74) is 3.66. The largest absolute Gasteiger partial charge is 0.299 e. The molecule has 1 aromatic carbocycles. The Morgan fingerprint density at radius 3 is 3.00 bits per heavy atom. The van der Waals surface area contributed by atoms with E-state index in [0.29, 0.717) is 11.5 Å². The van der Waals surface area contributed by atoms with E-state index in [-0.39, 0.29) is 0 Å². The molecule has 1 fully saturated rings. The molecule has 0 unspecified atom stereocenters. The third-order valence-corrected chi connectivity index (χ3v) is 4.30. The second-order valence-corrected chi connectivity index (χ2v) is 5.52. The molecule has 0 amide bonds. The molecule has 0 saturated carbocycles. The molecule has 2 aliphatic rings. The van der Waals surface area contributed by atoms with Crippen molar-refractivity contribution in [1.82, 2.24) is 4.90 Å². The molecule has 2 atom stereocenters. The van der Waals surface area contributed by atoms with Crippen molar-refractivity contribution in [2.24, 2.45) is 5.41 Å². The van der Waals surface area contributed by atoms with Crippen LogP contribution in [0.25, 0.3) is 0 Å². The lowest BCUT2D eigenvalue weighted by molar-refractivity contribution is 0.0590. The fraction of sp³-hybridized carbons (Fsp3) is 0.571. The van der Waals surface area contributed by atoms with Crippen molar-refractivity contribution < 1.29 is 0 Å². The maximum absolute atomic E-state index is 2.55. The molecule has 3 rings (SSSR count). The van der Waals surface area contributed by atoms with Crippen molar-refractivity contribution in [3.63, 3.8) is 0 Å². The number of hydrogen-bond donors (Lipinski definition) is 0. The number of hydrogen-bond acceptors (Lipinski definition) is 1. The van der Waals surface area contributed by atoms with Gasteiger partial charge in [-0.3, -0.25) is 4.90 Å². The number of nitrogens with zero attached hydrogens (tertiary/aromatic N) is 1. The lowest BCUT2D eigenvalue weighted by atomic mass is 9.75. The highest BCUT2D eigenvalue weighted by Gasteiger charge is 2.45. The Morgan fingerprint density at radius 2 is 2.13 bits per heavy atom. The van der Waals surface area contributed by atoms with E-state index in [1.54, 1.807) is 11.1 Å². The van der Waals surface area contributed by atoms with Crippen LogP contribution >= 0.6 is 0 Å². The number of benzene rings is 1. The van der Waals surface area contributed by atoms with E-state index in [1.165, 1.54) is 25.8 Å². The molecule has 0 aromatic heterocycles. The van der Waals surface area contributed by atoms with Crippen LogP contribution in [0.1, 0.15) is 36.9 Å². The van der Waals surface area contributed by atoms with Gasteiger partial charge >= 0.3 is 0 Å². The predicted molar refractivity (Wildman–Crippen MR) is 62.9 cm³/mol. The summed E-state index contributed by atoms with van der Waals surface area (Å²) in [6.45, 7) is 3.72. The van der Waals surface area contributed by atoms with Crippen LogP contribution in [0.15, 0.2) is 24.3 Å². The van der Waals surface area contributed by atoms with Crippen molar-refractivity contribution in [1.29, 1.82) is 0 Å². The van der Waals surface area contributed by atoms with Crippen LogP contribution < -0.4 is 0 Å². The summed E-state index contributed by atoms with van der Waals surface area (Å²) in [5, 5.41) is 0. The first-order valence-electron chi connectivity index (χ1n) is 5.99. The maximum atomic E-state index is 2.55. The van der Waals surface area contributed by atoms with Crippen LogP contribution in [0.5, 0.6) is 0 Å². The van der Waals surface area contributed by atoms with Crippen molar-refractivity contribution in [3.8, 4) is 0 Å². The summed E-state index contributed by atoms with van der Waals surface area (Å²) in [6.07, 6.45) is 4.02. The Hall–Kier alpha value is -0.820. The van der Waals surface area contributed by atoms with Gasteiger partial charge in [-0.2, -0.15) is 0 Å². The minimum Gasteiger partial charge on any atom is -0.299 e. The molecule has 0 bridgehead atoms. The first kappa shape index (κ1) is 9.41. The van der Waals surface area contributed by atoms with Crippen molar-refractivity contribution in [2.75, 3.05) is 13.6 Å². The smallest absolute Gasteiger partial charge is 0.0404 e. The molecular formula is C14H19N. The molecule has 1 aliphatic heterocycles. The zero-order chi connectivity index (χ0) is 10.5. The molecule has 1 heterocycles. The van der Waals surface area contributed by atoms with Gasteiger partial charge in [0.1, 0.15) is 0 Å². The molecule has 1 aliphatic carbocycles. The van der Waals surface area contributed by atoms with Crippen LogP contribution in [-0.2, 0) is 6.42 Å².